The average molecular weight is 262 g/mol. The molecule has 4 nitrogen and oxygen atoms in total. The summed E-state index contributed by atoms with van der Waals surface area (Å²) in [7, 11) is 1.96. The molecule has 0 aliphatic carbocycles. The molecule has 0 bridgehead atoms. The fraction of sp³-hybridized carbons (Fsp3) is 0.429. The number of hydrogen-bond donors (Lipinski definition) is 1. The van der Waals surface area contributed by atoms with E-state index in [0.29, 0.717) is 0 Å². The summed E-state index contributed by atoms with van der Waals surface area (Å²) in [6.07, 6.45) is 7.15. The molecule has 0 saturated carbocycles. The highest BCUT2D eigenvalue weighted by Gasteiger charge is 2.27. The van der Waals surface area contributed by atoms with Gasteiger partial charge in [-0.25, -0.2) is 9.37 Å². The van der Waals surface area contributed by atoms with Crippen LogP contribution in [-0.4, -0.2) is 14.5 Å². The Kier molecular flexibility index (Phi) is 3.95. The molecule has 2 N–H and O–H groups in total. The standard InChI is InChI=1S/C14H19FN4/c1-3-14(16,12-5-4-11(15)10-18-12)7-6-13-17-8-9-19(13)2/h4-5,8-10H,3,6-7,16H2,1-2H3. The van der Waals surface area contributed by atoms with Crippen LogP contribution in [0.3, 0.4) is 0 Å². The summed E-state index contributed by atoms with van der Waals surface area (Å²) in [4.78, 5) is 8.40. The third-order valence-corrected chi connectivity index (χ3v) is 3.58. The lowest BCUT2D eigenvalue weighted by molar-refractivity contribution is 0.377. The van der Waals surface area contributed by atoms with Gasteiger partial charge in [-0.2, -0.15) is 0 Å². The highest BCUT2D eigenvalue weighted by molar-refractivity contribution is 5.16. The Balaban J connectivity index is 2.14. The summed E-state index contributed by atoms with van der Waals surface area (Å²) in [5, 5.41) is 0. The van der Waals surface area contributed by atoms with Crippen molar-refractivity contribution in [2.75, 3.05) is 0 Å². The van der Waals surface area contributed by atoms with Gasteiger partial charge in [-0.15, -0.1) is 0 Å². The number of aryl methyl sites for hydroxylation is 2. The summed E-state index contributed by atoms with van der Waals surface area (Å²) < 4.78 is 14.9. The zero-order valence-electron chi connectivity index (χ0n) is 11.3. The third-order valence-electron chi connectivity index (χ3n) is 3.58. The monoisotopic (exact) mass is 262 g/mol. The zero-order valence-corrected chi connectivity index (χ0v) is 11.3. The maximum atomic E-state index is 12.9. The molecule has 0 saturated heterocycles. The van der Waals surface area contributed by atoms with Crippen molar-refractivity contribution < 1.29 is 4.39 Å². The molecule has 0 amide bonds. The second-order valence-corrected chi connectivity index (χ2v) is 4.83. The minimum Gasteiger partial charge on any atom is -0.338 e. The minimum atomic E-state index is -0.542. The molecule has 0 fully saturated rings. The van der Waals surface area contributed by atoms with E-state index in [2.05, 4.69) is 9.97 Å². The number of hydrogen-bond acceptors (Lipinski definition) is 3. The molecule has 0 aromatic carbocycles. The highest BCUT2D eigenvalue weighted by Crippen LogP contribution is 2.25. The van der Waals surface area contributed by atoms with Gasteiger partial charge >= 0.3 is 0 Å². The Hall–Kier alpha value is -1.75. The number of pyridine rings is 1. The Morgan fingerprint density at radius 2 is 2.16 bits per heavy atom. The number of aromatic nitrogens is 3. The first kappa shape index (κ1) is 13.7. The quantitative estimate of drug-likeness (QED) is 0.898. The summed E-state index contributed by atoms with van der Waals surface area (Å²) in [6, 6.07) is 3.07. The van der Waals surface area contributed by atoms with Crippen molar-refractivity contribution >= 4 is 0 Å². The van der Waals surface area contributed by atoms with E-state index in [4.69, 9.17) is 5.73 Å². The van der Waals surface area contributed by atoms with Gasteiger partial charge in [0.2, 0.25) is 0 Å². The van der Waals surface area contributed by atoms with Crippen LogP contribution in [0.4, 0.5) is 4.39 Å². The Labute approximate surface area is 112 Å². The van der Waals surface area contributed by atoms with Crippen molar-refractivity contribution in [1.29, 1.82) is 0 Å². The third kappa shape index (κ3) is 2.98. The topological polar surface area (TPSA) is 56.7 Å². The lowest BCUT2D eigenvalue weighted by Gasteiger charge is -2.27. The number of halogens is 1. The van der Waals surface area contributed by atoms with Crippen LogP contribution in [0.5, 0.6) is 0 Å². The smallest absolute Gasteiger partial charge is 0.141 e. The molecule has 0 aliphatic rings. The first-order valence-electron chi connectivity index (χ1n) is 6.42. The van der Waals surface area contributed by atoms with E-state index >= 15 is 0 Å². The fourth-order valence-electron chi connectivity index (χ4n) is 2.13. The van der Waals surface area contributed by atoms with Crippen LogP contribution in [0.15, 0.2) is 30.7 Å². The molecular formula is C14H19FN4. The van der Waals surface area contributed by atoms with E-state index in [0.717, 1.165) is 30.8 Å². The average Bonchev–Trinajstić information content (AvgIpc) is 2.82. The molecule has 2 aromatic heterocycles. The van der Waals surface area contributed by atoms with Gasteiger partial charge in [0.1, 0.15) is 11.6 Å². The summed E-state index contributed by atoms with van der Waals surface area (Å²) >= 11 is 0. The van der Waals surface area contributed by atoms with Gasteiger partial charge in [0.25, 0.3) is 0 Å². The van der Waals surface area contributed by atoms with Gasteiger partial charge in [-0.05, 0) is 25.0 Å². The van der Waals surface area contributed by atoms with Gasteiger partial charge in [-0.3, -0.25) is 4.98 Å². The molecule has 2 aromatic rings. The molecule has 0 aliphatic heterocycles. The molecule has 1 atom stereocenters. The van der Waals surface area contributed by atoms with Crippen LogP contribution in [0.2, 0.25) is 0 Å². The Bertz CT molecular complexity index is 535. The maximum absolute atomic E-state index is 12.9. The Morgan fingerprint density at radius 3 is 2.68 bits per heavy atom. The largest absolute Gasteiger partial charge is 0.338 e. The van der Waals surface area contributed by atoms with E-state index in [1.165, 1.54) is 12.3 Å². The first-order valence-corrected chi connectivity index (χ1v) is 6.42. The second kappa shape index (κ2) is 5.48. The maximum Gasteiger partial charge on any atom is 0.141 e. The van der Waals surface area contributed by atoms with Crippen molar-refractivity contribution in [3.05, 3.63) is 48.1 Å². The van der Waals surface area contributed by atoms with E-state index < -0.39 is 5.54 Å². The molecule has 5 heteroatoms. The van der Waals surface area contributed by atoms with Crippen LogP contribution in [0.25, 0.3) is 0 Å². The molecular weight excluding hydrogens is 243 g/mol. The number of nitrogens with two attached hydrogens (primary N) is 1. The molecule has 2 heterocycles. The number of imidazole rings is 1. The summed E-state index contributed by atoms with van der Waals surface area (Å²) in [5.74, 6) is 0.650. The normalized spacial score (nSPS) is 14.3. The van der Waals surface area contributed by atoms with Gasteiger partial charge < -0.3 is 10.3 Å². The summed E-state index contributed by atoms with van der Waals surface area (Å²) in [6.45, 7) is 2.02. The predicted octanol–water partition coefficient (Wildman–Crippen LogP) is 2.15. The van der Waals surface area contributed by atoms with Crippen LogP contribution < -0.4 is 5.73 Å². The summed E-state index contributed by atoms with van der Waals surface area (Å²) in [5.41, 5.74) is 6.60. The zero-order chi connectivity index (χ0) is 13.9. The van der Waals surface area contributed by atoms with Crippen LogP contribution in [0, 0.1) is 5.82 Å². The Morgan fingerprint density at radius 1 is 1.37 bits per heavy atom. The molecule has 2 rings (SSSR count). The highest BCUT2D eigenvalue weighted by atomic mass is 19.1. The number of rotatable bonds is 5. The lowest BCUT2D eigenvalue weighted by atomic mass is 9.87. The molecule has 19 heavy (non-hydrogen) atoms. The molecule has 0 spiro atoms. The van der Waals surface area contributed by atoms with Gasteiger partial charge in [0, 0.05) is 25.9 Å². The van der Waals surface area contributed by atoms with Crippen molar-refractivity contribution in [3.8, 4) is 0 Å². The van der Waals surface area contributed by atoms with E-state index in [1.54, 1.807) is 12.3 Å². The van der Waals surface area contributed by atoms with Crippen LogP contribution in [0.1, 0.15) is 31.3 Å². The van der Waals surface area contributed by atoms with E-state index in [-0.39, 0.29) is 5.82 Å². The van der Waals surface area contributed by atoms with Crippen molar-refractivity contribution in [3.63, 3.8) is 0 Å². The minimum absolute atomic E-state index is 0.341. The van der Waals surface area contributed by atoms with Crippen molar-refractivity contribution in [2.24, 2.45) is 12.8 Å². The van der Waals surface area contributed by atoms with Gasteiger partial charge in [-0.1, -0.05) is 6.92 Å². The predicted molar refractivity (Wildman–Crippen MR) is 71.9 cm³/mol. The second-order valence-electron chi connectivity index (χ2n) is 4.83. The van der Waals surface area contributed by atoms with Gasteiger partial charge in [0.15, 0.2) is 0 Å². The lowest BCUT2D eigenvalue weighted by Crippen LogP contribution is -2.37. The molecule has 0 radical (unpaired) electrons. The van der Waals surface area contributed by atoms with Crippen LogP contribution in [-0.2, 0) is 19.0 Å². The van der Waals surface area contributed by atoms with E-state index in [1.807, 2.05) is 24.7 Å². The fourth-order valence-corrected chi connectivity index (χ4v) is 2.13. The van der Waals surface area contributed by atoms with Crippen molar-refractivity contribution in [1.82, 2.24) is 14.5 Å². The first-order chi connectivity index (χ1) is 9.05. The van der Waals surface area contributed by atoms with Crippen LogP contribution >= 0.6 is 0 Å². The van der Waals surface area contributed by atoms with E-state index in [9.17, 15) is 4.39 Å². The van der Waals surface area contributed by atoms with Crippen molar-refractivity contribution in [2.45, 2.75) is 31.7 Å². The SMILES string of the molecule is CCC(N)(CCc1nccn1C)c1ccc(F)cn1. The van der Waals surface area contributed by atoms with Gasteiger partial charge in [0.05, 0.1) is 17.4 Å². The molecule has 1 unspecified atom stereocenters. The number of nitrogens with zero attached hydrogens (tertiary/aromatic N) is 3. The molecule has 102 valence electrons.